The van der Waals surface area contributed by atoms with Crippen LogP contribution in [-0.4, -0.2) is 10.9 Å². The summed E-state index contributed by atoms with van der Waals surface area (Å²) in [7, 11) is 0. The zero-order valence-corrected chi connectivity index (χ0v) is 12.5. The van der Waals surface area contributed by atoms with E-state index in [1.54, 1.807) is 12.1 Å². The Kier molecular flexibility index (Phi) is 3.99. The summed E-state index contributed by atoms with van der Waals surface area (Å²) in [4.78, 5) is 16.3. The van der Waals surface area contributed by atoms with Crippen LogP contribution in [0.3, 0.4) is 0 Å². The molecule has 5 heteroatoms. The number of rotatable bonds is 3. The number of para-hydroxylation sites is 1. The maximum Gasteiger partial charge on any atom is 0.250 e. The van der Waals surface area contributed by atoms with E-state index in [-0.39, 0.29) is 5.91 Å². The molecule has 1 amide bonds. The van der Waals surface area contributed by atoms with Gasteiger partial charge >= 0.3 is 0 Å². The van der Waals surface area contributed by atoms with Crippen LogP contribution in [0.15, 0.2) is 54.6 Å². The number of amides is 1. The fourth-order valence-corrected chi connectivity index (χ4v) is 2.92. The maximum atomic E-state index is 11.9. The van der Waals surface area contributed by atoms with Crippen molar-refractivity contribution in [2.75, 3.05) is 5.32 Å². The lowest BCUT2D eigenvalue weighted by molar-refractivity contribution is -0.111. The fraction of sp³-hybridized carbons (Fsp3) is 0. The highest BCUT2D eigenvalue weighted by molar-refractivity contribution is 7.22. The number of benzene rings is 2. The van der Waals surface area contributed by atoms with Gasteiger partial charge in [-0.15, -0.1) is 0 Å². The number of hydrogen-bond acceptors (Lipinski definition) is 3. The molecule has 21 heavy (non-hydrogen) atoms. The van der Waals surface area contributed by atoms with Crippen LogP contribution in [0.25, 0.3) is 16.3 Å². The van der Waals surface area contributed by atoms with Crippen molar-refractivity contribution in [2.45, 2.75) is 0 Å². The minimum Gasteiger partial charge on any atom is -0.298 e. The van der Waals surface area contributed by atoms with Crippen molar-refractivity contribution in [3.63, 3.8) is 0 Å². The molecule has 0 spiro atoms. The Morgan fingerprint density at radius 2 is 1.90 bits per heavy atom. The quantitative estimate of drug-likeness (QED) is 0.718. The number of halogens is 1. The SMILES string of the molecule is O=C(/C=C\c1ccccc1Cl)Nc1nc2ccccc2s1. The first-order valence-electron chi connectivity index (χ1n) is 6.31. The molecule has 0 saturated carbocycles. The molecule has 0 unspecified atom stereocenters. The molecule has 3 rings (SSSR count). The Morgan fingerprint density at radius 3 is 2.71 bits per heavy atom. The van der Waals surface area contributed by atoms with Crippen LogP contribution >= 0.6 is 22.9 Å². The molecule has 1 N–H and O–H groups in total. The van der Waals surface area contributed by atoms with Gasteiger partial charge in [-0.3, -0.25) is 10.1 Å². The molecule has 0 radical (unpaired) electrons. The molecule has 2 aromatic carbocycles. The third kappa shape index (κ3) is 3.29. The van der Waals surface area contributed by atoms with E-state index in [1.165, 1.54) is 17.4 Å². The Balaban J connectivity index is 1.73. The maximum absolute atomic E-state index is 11.9. The lowest BCUT2D eigenvalue weighted by Gasteiger charge is -1.97. The summed E-state index contributed by atoms with van der Waals surface area (Å²) in [5.41, 5.74) is 1.69. The number of nitrogens with one attached hydrogen (secondary N) is 1. The normalized spacial score (nSPS) is 11.1. The van der Waals surface area contributed by atoms with E-state index in [4.69, 9.17) is 11.6 Å². The number of carbonyl (C=O) groups is 1. The van der Waals surface area contributed by atoms with Crippen molar-refractivity contribution < 1.29 is 4.79 Å². The molecular formula is C16H11ClN2OS. The van der Waals surface area contributed by atoms with Crippen molar-refractivity contribution in [3.8, 4) is 0 Å². The summed E-state index contributed by atoms with van der Waals surface area (Å²) >= 11 is 7.48. The standard InChI is InChI=1S/C16H11ClN2OS/c17-12-6-2-1-5-11(12)9-10-15(20)19-16-18-13-7-3-4-8-14(13)21-16/h1-10H,(H,18,19,20)/b10-9-. The number of aromatic nitrogens is 1. The van der Waals surface area contributed by atoms with E-state index >= 15 is 0 Å². The molecule has 3 nitrogen and oxygen atoms in total. The monoisotopic (exact) mass is 314 g/mol. The predicted molar refractivity (Wildman–Crippen MR) is 88.7 cm³/mol. The topological polar surface area (TPSA) is 42.0 Å². The fourth-order valence-electron chi connectivity index (χ4n) is 1.85. The molecule has 0 saturated heterocycles. The van der Waals surface area contributed by atoms with Crippen molar-refractivity contribution in [1.29, 1.82) is 0 Å². The summed E-state index contributed by atoms with van der Waals surface area (Å²) in [5.74, 6) is -0.228. The van der Waals surface area contributed by atoms with Gasteiger partial charge in [-0.25, -0.2) is 4.98 Å². The summed E-state index contributed by atoms with van der Waals surface area (Å²) in [6.45, 7) is 0. The van der Waals surface area contributed by atoms with E-state index in [0.29, 0.717) is 10.2 Å². The number of hydrogen-bond donors (Lipinski definition) is 1. The first-order chi connectivity index (χ1) is 10.2. The average Bonchev–Trinajstić information content (AvgIpc) is 2.88. The Bertz CT molecular complexity index is 793. The molecule has 0 aliphatic carbocycles. The van der Waals surface area contributed by atoms with E-state index in [2.05, 4.69) is 10.3 Å². The highest BCUT2D eigenvalue weighted by Gasteiger charge is 2.05. The number of nitrogens with zero attached hydrogens (tertiary/aromatic N) is 1. The molecule has 1 aromatic heterocycles. The summed E-state index contributed by atoms with van der Waals surface area (Å²) in [5, 5.41) is 3.96. The van der Waals surface area contributed by atoms with Gasteiger partial charge in [0.1, 0.15) is 0 Å². The summed E-state index contributed by atoms with van der Waals surface area (Å²) in [6, 6.07) is 15.1. The van der Waals surface area contributed by atoms with E-state index in [1.807, 2.05) is 42.5 Å². The summed E-state index contributed by atoms with van der Waals surface area (Å²) < 4.78 is 1.04. The van der Waals surface area contributed by atoms with Crippen LogP contribution in [0.1, 0.15) is 5.56 Å². The second kappa shape index (κ2) is 6.08. The molecule has 0 aliphatic rings. The second-order valence-corrected chi connectivity index (χ2v) is 5.77. The zero-order valence-electron chi connectivity index (χ0n) is 10.9. The number of carbonyl (C=O) groups excluding carboxylic acids is 1. The molecule has 1 heterocycles. The minimum absolute atomic E-state index is 0.228. The van der Waals surface area contributed by atoms with Gasteiger partial charge < -0.3 is 0 Å². The molecule has 104 valence electrons. The van der Waals surface area contributed by atoms with Crippen molar-refractivity contribution in [1.82, 2.24) is 4.98 Å². The highest BCUT2D eigenvalue weighted by atomic mass is 35.5. The average molecular weight is 315 g/mol. The molecule has 0 aliphatic heterocycles. The van der Waals surface area contributed by atoms with Crippen LogP contribution in [0.2, 0.25) is 5.02 Å². The zero-order chi connectivity index (χ0) is 14.7. The molecule has 0 bridgehead atoms. The van der Waals surface area contributed by atoms with Gasteiger partial charge in [0.2, 0.25) is 5.91 Å². The van der Waals surface area contributed by atoms with E-state index < -0.39 is 0 Å². The van der Waals surface area contributed by atoms with Crippen molar-refractivity contribution in [3.05, 3.63) is 65.2 Å². The number of anilines is 1. The van der Waals surface area contributed by atoms with Gasteiger partial charge in [0.05, 0.1) is 10.2 Å². The van der Waals surface area contributed by atoms with Gasteiger partial charge in [-0.2, -0.15) is 0 Å². The first kappa shape index (κ1) is 13.8. The van der Waals surface area contributed by atoms with Crippen LogP contribution in [-0.2, 0) is 4.79 Å². The third-order valence-electron chi connectivity index (χ3n) is 2.84. The largest absolute Gasteiger partial charge is 0.298 e. The second-order valence-electron chi connectivity index (χ2n) is 4.33. The van der Waals surface area contributed by atoms with Gasteiger partial charge in [-0.05, 0) is 29.8 Å². The lowest BCUT2D eigenvalue weighted by Crippen LogP contribution is -2.07. The Morgan fingerprint density at radius 1 is 1.14 bits per heavy atom. The van der Waals surface area contributed by atoms with Crippen LogP contribution in [0.4, 0.5) is 5.13 Å². The highest BCUT2D eigenvalue weighted by Crippen LogP contribution is 2.25. The first-order valence-corrected chi connectivity index (χ1v) is 7.51. The molecular weight excluding hydrogens is 304 g/mol. The van der Waals surface area contributed by atoms with Crippen LogP contribution in [0, 0.1) is 0 Å². The van der Waals surface area contributed by atoms with E-state index in [9.17, 15) is 4.79 Å². The van der Waals surface area contributed by atoms with Crippen LogP contribution in [0.5, 0.6) is 0 Å². The molecule has 0 atom stereocenters. The molecule has 0 fully saturated rings. The smallest absolute Gasteiger partial charge is 0.250 e. The van der Waals surface area contributed by atoms with E-state index in [0.717, 1.165) is 15.8 Å². The van der Waals surface area contributed by atoms with Gasteiger partial charge in [0.15, 0.2) is 5.13 Å². The Hall–Kier alpha value is -2.17. The minimum atomic E-state index is -0.228. The van der Waals surface area contributed by atoms with Gasteiger partial charge in [0, 0.05) is 11.1 Å². The number of fused-ring (bicyclic) bond motifs is 1. The molecule has 3 aromatic rings. The summed E-state index contributed by atoms with van der Waals surface area (Å²) in [6.07, 6.45) is 3.14. The Labute approximate surface area is 130 Å². The van der Waals surface area contributed by atoms with Crippen LogP contribution < -0.4 is 5.32 Å². The van der Waals surface area contributed by atoms with Crippen molar-refractivity contribution in [2.24, 2.45) is 0 Å². The van der Waals surface area contributed by atoms with Crippen molar-refractivity contribution >= 4 is 50.3 Å². The van der Waals surface area contributed by atoms with Gasteiger partial charge in [-0.1, -0.05) is 53.3 Å². The number of thiazole rings is 1. The van der Waals surface area contributed by atoms with Gasteiger partial charge in [0.25, 0.3) is 0 Å². The third-order valence-corrected chi connectivity index (χ3v) is 4.14. The lowest BCUT2D eigenvalue weighted by atomic mass is 10.2. The predicted octanol–water partition coefficient (Wildman–Crippen LogP) is 4.60.